The fourth-order valence-corrected chi connectivity index (χ4v) is 3.16. The number of ether oxygens (including phenoxy) is 1. The first-order valence-corrected chi connectivity index (χ1v) is 10.2. The number of halogens is 1. The van der Waals surface area contributed by atoms with Crippen LogP contribution in [0.1, 0.15) is 35.8 Å². The number of benzene rings is 1. The lowest BCUT2D eigenvalue weighted by molar-refractivity contribution is 0.0934. The van der Waals surface area contributed by atoms with Crippen LogP contribution in [0.4, 0.5) is 10.5 Å². The van der Waals surface area contributed by atoms with Gasteiger partial charge in [-0.15, -0.1) is 11.3 Å². The van der Waals surface area contributed by atoms with E-state index in [9.17, 15) is 9.59 Å². The fraction of sp³-hybridized carbons (Fsp3) is 0.421. The normalized spacial score (nSPS) is 11.7. The quantitative estimate of drug-likeness (QED) is 0.637. The third-order valence-electron chi connectivity index (χ3n) is 4.05. The maximum Gasteiger partial charge on any atom is 0.322 e. The first-order valence-electron chi connectivity index (χ1n) is 8.98. The molecule has 1 heterocycles. The van der Waals surface area contributed by atoms with Gasteiger partial charge in [0.1, 0.15) is 10.7 Å². The maximum atomic E-state index is 12.7. The van der Waals surface area contributed by atoms with Gasteiger partial charge in [-0.1, -0.05) is 18.5 Å². The van der Waals surface area contributed by atoms with Crippen molar-refractivity contribution in [3.8, 4) is 0 Å². The van der Waals surface area contributed by atoms with E-state index in [-0.39, 0.29) is 24.5 Å². The van der Waals surface area contributed by atoms with E-state index in [1.165, 1.54) is 11.3 Å². The van der Waals surface area contributed by atoms with Crippen molar-refractivity contribution in [3.63, 3.8) is 0 Å². The van der Waals surface area contributed by atoms with E-state index in [4.69, 9.17) is 16.3 Å². The molecule has 1 atom stereocenters. The predicted molar refractivity (Wildman–Crippen MR) is 112 cm³/mol. The molecule has 0 spiro atoms. The minimum Gasteiger partial charge on any atom is -0.383 e. The molecule has 0 saturated carbocycles. The smallest absolute Gasteiger partial charge is 0.322 e. The van der Waals surface area contributed by atoms with Crippen molar-refractivity contribution in [1.82, 2.24) is 15.2 Å². The van der Waals surface area contributed by atoms with Gasteiger partial charge in [0, 0.05) is 35.8 Å². The van der Waals surface area contributed by atoms with Gasteiger partial charge in [0.15, 0.2) is 0 Å². The van der Waals surface area contributed by atoms with Crippen LogP contribution in [0.3, 0.4) is 0 Å². The number of hydrogen-bond acceptors (Lipinski definition) is 5. The Hall–Kier alpha value is -2.16. The molecule has 0 unspecified atom stereocenters. The van der Waals surface area contributed by atoms with Crippen LogP contribution in [0, 0.1) is 0 Å². The van der Waals surface area contributed by atoms with Crippen LogP contribution in [0.15, 0.2) is 29.6 Å². The monoisotopic (exact) mass is 424 g/mol. The average molecular weight is 425 g/mol. The maximum absolute atomic E-state index is 12.7. The van der Waals surface area contributed by atoms with Crippen LogP contribution in [0.5, 0.6) is 0 Å². The highest BCUT2D eigenvalue weighted by molar-refractivity contribution is 7.09. The molecule has 0 aliphatic heterocycles. The van der Waals surface area contributed by atoms with Gasteiger partial charge in [-0.2, -0.15) is 0 Å². The zero-order valence-corrected chi connectivity index (χ0v) is 17.8. The number of amides is 3. The number of thiazole rings is 1. The lowest BCUT2D eigenvalue weighted by Crippen LogP contribution is -2.37. The zero-order chi connectivity index (χ0) is 20.5. The third-order valence-corrected chi connectivity index (χ3v) is 5.13. The predicted octanol–water partition coefficient (Wildman–Crippen LogP) is 4.01. The van der Waals surface area contributed by atoms with E-state index in [1.54, 1.807) is 41.7 Å². The van der Waals surface area contributed by atoms with Crippen LogP contribution in [-0.2, 0) is 11.3 Å². The lowest BCUT2D eigenvalue weighted by Gasteiger charge is -2.21. The summed E-state index contributed by atoms with van der Waals surface area (Å²) in [6, 6.07) is 6.69. The number of hydrogen-bond donors (Lipinski definition) is 2. The van der Waals surface area contributed by atoms with Crippen molar-refractivity contribution in [3.05, 3.63) is 45.4 Å². The number of carbonyl (C=O) groups is 2. The Morgan fingerprint density at radius 1 is 1.32 bits per heavy atom. The second-order valence-corrected chi connectivity index (χ2v) is 7.64. The molecule has 2 rings (SSSR count). The average Bonchev–Trinajstić information content (AvgIpc) is 3.15. The topological polar surface area (TPSA) is 83.6 Å². The lowest BCUT2D eigenvalue weighted by atomic mass is 10.2. The summed E-state index contributed by atoms with van der Waals surface area (Å²) in [4.78, 5) is 30.8. The summed E-state index contributed by atoms with van der Waals surface area (Å²) in [6.45, 7) is 5.01. The second-order valence-electron chi connectivity index (χ2n) is 6.26. The summed E-state index contributed by atoms with van der Waals surface area (Å²) in [5, 5.41) is 8.70. The molecule has 7 nitrogen and oxygen atoms in total. The molecule has 2 N–H and O–H groups in total. The molecule has 0 bridgehead atoms. The second kappa shape index (κ2) is 11.0. The highest BCUT2D eigenvalue weighted by Crippen LogP contribution is 2.16. The number of nitrogens with one attached hydrogen (secondary N) is 2. The van der Waals surface area contributed by atoms with Gasteiger partial charge in [-0.3, -0.25) is 4.79 Å². The van der Waals surface area contributed by atoms with E-state index in [1.807, 2.05) is 13.8 Å². The standard InChI is InChI=1S/C19H25ClN4O3S/c1-4-13(2)21-18(25)16-12-28-17(23-16)11-24(9-10-27-3)19(26)22-15-7-5-14(20)6-8-15/h5-8,12-13H,4,9-11H2,1-3H3,(H,21,25)(H,22,26)/t13-/m1/s1. The van der Waals surface area contributed by atoms with E-state index >= 15 is 0 Å². The van der Waals surface area contributed by atoms with E-state index in [0.717, 1.165) is 6.42 Å². The van der Waals surface area contributed by atoms with Crippen molar-refractivity contribution in [1.29, 1.82) is 0 Å². The Balaban J connectivity index is 2.04. The van der Waals surface area contributed by atoms with Crippen LogP contribution >= 0.6 is 22.9 Å². The summed E-state index contributed by atoms with van der Waals surface area (Å²) >= 11 is 7.22. The van der Waals surface area contributed by atoms with Crippen molar-refractivity contribution < 1.29 is 14.3 Å². The van der Waals surface area contributed by atoms with Crippen LogP contribution in [-0.4, -0.2) is 48.1 Å². The Kier molecular flexibility index (Phi) is 8.69. The van der Waals surface area contributed by atoms with Gasteiger partial charge in [0.05, 0.1) is 13.2 Å². The largest absolute Gasteiger partial charge is 0.383 e. The summed E-state index contributed by atoms with van der Waals surface area (Å²) in [7, 11) is 1.58. The van der Waals surface area contributed by atoms with Crippen LogP contribution in [0.25, 0.3) is 0 Å². The molecule has 28 heavy (non-hydrogen) atoms. The number of carbonyl (C=O) groups excluding carboxylic acids is 2. The van der Waals surface area contributed by atoms with Gasteiger partial charge in [0.2, 0.25) is 0 Å². The molecule has 0 aliphatic rings. The van der Waals surface area contributed by atoms with Crippen molar-refractivity contribution in [2.24, 2.45) is 0 Å². The van der Waals surface area contributed by atoms with E-state index < -0.39 is 0 Å². The molecule has 152 valence electrons. The molecule has 2 aromatic rings. The van der Waals surface area contributed by atoms with Crippen molar-refractivity contribution in [2.75, 3.05) is 25.6 Å². The summed E-state index contributed by atoms with van der Waals surface area (Å²) in [5.41, 5.74) is 1.01. The molecule has 0 radical (unpaired) electrons. The Morgan fingerprint density at radius 2 is 2.04 bits per heavy atom. The number of methoxy groups -OCH3 is 1. The first-order chi connectivity index (χ1) is 13.4. The number of nitrogens with zero attached hydrogens (tertiary/aromatic N) is 2. The molecule has 3 amide bonds. The minimum atomic E-state index is -0.278. The van der Waals surface area contributed by atoms with Gasteiger partial charge >= 0.3 is 6.03 Å². The minimum absolute atomic E-state index is 0.0843. The number of rotatable bonds is 9. The van der Waals surface area contributed by atoms with Gasteiger partial charge in [-0.25, -0.2) is 9.78 Å². The van der Waals surface area contributed by atoms with E-state index in [0.29, 0.717) is 34.6 Å². The molecule has 0 fully saturated rings. The number of urea groups is 1. The highest BCUT2D eigenvalue weighted by atomic mass is 35.5. The molecule has 0 saturated heterocycles. The summed E-state index contributed by atoms with van der Waals surface area (Å²) in [5.74, 6) is -0.203. The number of aromatic nitrogens is 1. The zero-order valence-electron chi connectivity index (χ0n) is 16.2. The number of anilines is 1. The first kappa shape index (κ1) is 22.1. The van der Waals surface area contributed by atoms with Gasteiger partial charge in [0.25, 0.3) is 5.91 Å². The van der Waals surface area contributed by atoms with Gasteiger partial charge < -0.3 is 20.3 Å². The van der Waals surface area contributed by atoms with Gasteiger partial charge in [-0.05, 0) is 37.6 Å². The van der Waals surface area contributed by atoms with Crippen molar-refractivity contribution in [2.45, 2.75) is 32.9 Å². The molecular weight excluding hydrogens is 400 g/mol. The Labute approximate surface area is 174 Å². The molecule has 9 heteroatoms. The SMILES string of the molecule is CC[C@@H](C)NC(=O)c1csc(CN(CCOC)C(=O)Nc2ccc(Cl)cc2)n1. The summed E-state index contributed by atoms with van der Waals surface area (Å²) < 4.78 is 5.11. The summed E-state index contributed by atoms with van der Waals surface area (Å²) in [6.07, 6.45) is 0.846. The highest BCUT2D eigenvalue weighted by Gasteiger charge is 2.18. The van der Waals surface area contributed by atoms with Crippen LogP contribution in [0.2, 0.25) is 5.02 Å². The molecule has 0 aliphatic carbocycles. The molecule has 1 aromatic carbocycles. The Bertz CT molecular complexity index is 782. The fourth-order valence-electron chi connectivity index (χ4n) is 2.24. The Morgan fingerprint density at radius 3 is 2.68 bits per heavy atom. The van der Waals surface area contributed by atoms with Crippen LogP contribution < -0.4 is 10.6 Å². The third kappa shape index (κ3) is 6.78. The van der Waals surface area contributed by atoms with Crippen molar-refractivity contribution >= 4 is 40.6 Å². The molecule has 1 aromatic heterocycles. The van der Waals surface area contributed by atoms with E-state index in [2.05, 4.69) is 15.6 Å². The molecular formula is C19H25ClN4O3S.